The second kappa shape index (κ2) is 5.71. The number of aryl methyl sites for hydroxylation is 1. The van der Waals surface area contributed by atoms with Crippen LogP contribution in [0.25, 0.3) is 0 Å². The van der Waals surface area contributed by atoms with Crippen LogP contribution in [-0.2, 0) is 6.54 Å². The third kappa shape index (κ3) is 2.67. The quantitative estimate of drug-likeness (QED) is 0.872. The Morgan fingerprint density at radius 3 is 3.00 bits per heavy atom. The van der Waals surface area contributed by atoms with E-state index >= 15 is 0 Å². The third-order valence-electron chi connectivity index (χ3n) is 3.33. The highest BCUT2D eigenvalue weighted by Crippen LogP contribution is 2.24. The summed E-state index contributed by atoms with van der Waals surface area (Å²) in [4.78, 5) is 11.9. The van der Waals surface area contributed by atoms with Gasteiger partial charge in [-0.15, -0.1) is 0 Å². The lowest BCUT2D eigenvalue weighted by molar-refractivity contribution is 0.567. The van der Waals surface area contributed by atoms with Crippen molar-refractivity contribution in [3.8, 4) is 0 Å². The van der Waals surface area contributed by atoms with Gasteiger partial charge in [-0.3, -0.25) is 4.79 Å². The van der Waals surface area contributed by atoms with Crippen molar-refractivity contribution in [1.82, 2.24) is 9.78 Å². The first kappa shape index (κ1) is 13.4. The molecule has 1 heterocycles. The average molecular weight is 271 g/mol. The molecule has 0 saturated heterocycles. The Morgan fingerprint density at radius 1 is 1.61 bits per heavy atom. The largest absolute Gasteiger partial charge is 0.378 e. The van der Waals surface area contributed by atoms with Crippen molar-refractivity contribution in [1.29, 1.82) is 0 Å². The van der Waals surface area contributed by atoms with Gasteiger partial charge in [-0.05, 0) is 25.7 Å². The Labute approximate surface area is 111 Å². The van der Waals surface area contributed by atoms with Crippen LogP contribution in [-0.4, -0.2) is 21.9 Å². The zero-order valence-corrected chi connectivity index (χ0v) is 11.3. The van der Waals surface area contributed by atoms with E-state index in [9.17, 15) is 4.79 Å². The first-order valence-corrected chi connectivity index (χ1v) is 6.79. The number of hydrogen-bond donors (Lipinski definition) is 2. The molecule has 0 spiro atoms. The summed E-state index contributed by atoms with van der Waals surface area (Å²) in [5.41, 5.74) is 6.34. The summed E-state index contributed by atoms with van der Waals surface area (Å²) < 4.78 is 1.39. The second-order valence-electron chi connectivity index (χ2n) is 4.75. The maximum atomic E-state index is 11.9. The van der Waals surface area contributed by atoms with Crippen LogP contribution < -0.4 is 16.6 Å². The van der Waals surface area contributed by atoms with E-state index in [2.05, 4.69) is 10.4 Å². The van der Waals surface area contributed by atoms with Gasteiger partial charge in [0, 0.05) is 18.6 Å². The smallest absolute Gasteiger partial charge is 0.287 e. The van der Waals surface area contributed by atoms with E-state index in [1.807, 2.05) is 6.92 Å². The summed E-state index contributed by atoms with van der Waals surface area (Å²) in [7, 11) is 0. The number of nitrogens with one attached hydrogen (secondary N) is 1. The van der Waals surface area contributed by atoms with E-state index in [0.717, 1.165) is 25.7 Å². The predicted molar refractivity (Wildman–Crippen MR) is 73.0 cm³/mol. The third-order valence-corrected chi connectivity index (χ3v) is 3.70. The Morgan fingerprint density at radius 2 is 2.39 bits per heavy atom. The van der Waals surface area contributed by atoms with Gasteiger partial charge in [-0.25, -0.2) is 4.68 Å². The molecule has 0 aromatic carbocycles. The van der Waals surface area contributed by atoms with E-state index < -0.39 is 0 Å². The van der Waals surface area contributed by atoms with Gasteiger partial charge >= 0.3 is 0 Å². The number of aromatic nitrogens is 2. The summed E-state index contributed by atoms with van der Waals surface area (Å²) in [6, 6.07) is 0.310. The van der Waals surface area contributed by atoms with Gasteiger partial charge in [0.1, 0.15) is 5.02 Å². The molecule has 100 valence electrons. The normalized spacial score (nSPS) is 23.3. The van der Waals surface area contributed by atoms with Crippen molar-refractivity contribution in [2.24, 2.45) is 5.73 Å². The van der Waals surface area contributed by atoms with Crippen LogP contribution in [0.5, 0.6) is 0 Å². The molecule has 2 unspecified atom stereocenters. The Balaban J connectivity index is 2.19. The molecule has 3 N–H and O–H groups in total. The Kier molecular flexibility index (Phi) is 4.24. The molecule has 0 aliphatic heterocycles. The average Bonchev–Trinajstić information content (AvgIpc) is 2.75. The van der Waals surface area contributed by atoms with Crippen molar-refractivity contribution in [3.63, 3.8) is 0 Å². The Bertz CT molecular complexity index is 474. The van der Waals surface area contributed by atoms with E-state index in [1.165, 1.54) is 4.68 Å². The van der Waals surface area contributed by atoms with E-state index in [1.54, 1.807) is 6.20 Å². The lowest BCUT2D eigenvalue weighted by Gasteiger charge is -2.19. The van der Waals surface area contributed by atoms with Gasteiger partial charge in [0.2, 0.25) is 0 Å². The number of nitrogens with two attached hydrogens (primary N) is 1. The number of rotatable bonds is 4. The molecule has 0 bridgehead atoms. The zero-order valence-electron chi connectivity index (χ0n) is 10.5. The van der Waals surface area contributed by atoms with Crippen molar-refractivity contribution in [2.75, 3.05) is 5.32 Å². The van der Waals surface area contributed by atoms with Crippen LogP contribution in [0, 0.1) is 0 Å². The molecule has 0 amide bonds. The maximum Gasteiger partial charge on any atom is 0.287 e. The van der Waals surface area contributed by atoms with Gasteiger partial charge in [-0.2, -0.15) is 5.10 Å². The maximum absolute atomic E-state index is 11.9. The molecule has 1 saturated carbocycles. The van der Waals surface area contributed by atoms with Crippen LogP contribution in [0.4, 0.5) is 5.69 Å². The fourth-order valence-electron chi connectivity index (χ4n) is 2.30. The van der Waals surface area contributed by atoms with Crippen LogP contribution in [0.3, 0.4) is 0 Å². The van der Waals surface area contributed by atoms with Gasteiger partial charge in [0.05, 0.1) is 11.9 Å². The van der Waals surface area contributed by atoms with Gasteiger partial charge in [-0.1, -0.05) is 18.5 Å². The first-order chi connectivity index (χ1) is 8.63. The van der Waals surface area contributed by atoms with Crippen molar-refractivity contribution < 1.29 is 0 Å². The van der Waals surface area contributed by atoms with Crippen LogP contribution in [0.1, 0.15) is 32.6 Å². The molecular formula is C12H19ClN4O. The molecule has 2 atom stereocenters. The van der Waals surface area contributed by atoms with E-state index in [4.69, 9.17) is 17.3 Å². The van der Waals surface area contributed by atoms with Gasteiger partial charge in [0.25, 0.3) is 5.56 Å². The molecule has 5 nitrogen and oxygen atoms in total. The van der Waals surface area contributed by atoms with Crippen LogP contribution >= 0.6 is 11.6 Å². The number of halogens is 1. The summed E-state index contributed by atoms with van der Waals surface area (Å²) in [5.74, 6) is 0. The molecule has 6 heteroatoms. The van der Waals surface area contributed by atoms with Crippen LogP contribution in [0.15, 0.2) is 11.0 Å². The molecule has 0 radical (unpaired) electrons. The first-order valence-electron chi connectivity index (χ1n) is 6.41. The SMILES string of the molecule is CCCn1ncc(NC2CCCC2N)c(Cl)c1=O. The zero-order chi connectivity index (χ0) is 13.1. The Hall–Kier alpha value is -1.07. The lowest BCUT2D eigenvalue weighted by atomic mass is 10.2. The highest BCUT2D eigenvalue weighted by molar-refractivity contribution is 6.32. The summed E-state index contributed by atoms with van der Waals surface area (Å²) >= 11 is 6.08. The highest BCUT2D eigenvalue weighted by atomic mass is 35.5. The van der Waals surface area contributed by atoms with E-state index in [-0.39, 0.29) is 22.7 Å². The second-order valence-corrected chi connectivity index (χ2v) is 5.12. The summed E-state index contributed by atoms with van der Waals surface area (Å²) in [6.45, 7) is 2.58. The minimum Gasteiger partial charge on any atom is -0.378 e. The minimum atomic E-state index is -0.241. The molecule has 1 aliphatic carbocycles. The fraction of sp³-hybridized carbons (Fsp3) is 0.667. The molecule has 1 aromatic rings. The van der Waals surface area contributed by atoms with Crippen LogP contribution in [0.2, 0.25) is 5.02 Å². The predicted octanol–water partition coefficient (Wildman–Crippen LogP) is 1.60. The van der Waals surface area contributed by atoms with Crippen molar-refractivity contribution >= 4 is 17.3 Å². The molecule has 1 aromatic heterocycles. The summed E-state index contributed by atoms with van der Waals surface area (Å²) in [5, 5.41) is 7.55. The lowest BCUT2D eigenvalue weighted by Crippen LogP contribution is -2.36. The standard InChI is InChI=1S/C12H19ClN4O/c1-2-6-17-12(18)11(13)10(7-15-17)16-9-5-3-4-8(9)14/h7-9,16H,2-6,14H2,1H3. The van der Waals surface area contributed by atoms with Crippen molar-refractivity contribution in [3.05, 3.63) is 21.6 Å². The topological polar surface area (TPSA) is 72.9 Å². The molecule has 2 rings (SSSR count). The number of anilines is 1. The van der Waals surface area contributed by atoms with Gasteiger partial charge in [0.15, 0.2) is 0 Å². The van der Waals surface area contributed by atoms with E-state index in [0.29, 0.717) is 12.2 Å². The molecular weight excluding hydrogens is 252 g/mol. The minimum absolute atomic E-state index is 0.124. The number of nitrogens with zero attached hydrogens (tertiary/aromatic N) is 2. The number of hydrogen-bond acceptors (Lipinski definition) is 4. The summed E-state index contributed by atoms with van der Waals surface area (Å²) in [6.07, 6.45) is 5.59. The molecule has 1 fully saturated rings. The fourth-order valence-corrected chi connectivity index (χ4v) is 2.51. The molecule has 1 aliphatic rings. The highest BCUT2D eigenvalue weighted by Gasteiger charge is 2.24. The van der Waals surface area contributed by atoms with Crippen molar-refractivity contribution in [2.45, 2.75) is 51.2 Å². The monoisotopic (exact) mass is 270 g/mol. The molecule has 18 heavy (non-hydrogen) atoms. The van der Waals surface area contributed by atoms with Gasteiger partial charge < -0.3 is 11.1 Å².